The van der Waals surface area contributed by atoms with E-state index in [1.165, 1.54) is 12.1 Å². The van der Waals surface area contributed by atoms with Gasteiger partial charge in [-0.25, -0.2) is 12.8 Å². The first-order chi connectivity index (χ1) is 9.77. The molecule has 1 aromatic carbocycles. The molecule has 2 rings (SSSR count). The van der Waals surface area contributed by atoms with Gasteiger partial charge in [0.15, 0.2) is 15.6 Å². The summed E-state index contributed by atoms with van der Waals surface area (Å²) in [5.41, 5.74) is 0.819. The monoisotopic (exact) mass is 308 g/mol. The Kier molecular flexibility index (Phi) is 4.04. The number of carbonyl (C=O) groups excluding carboxylic acids is 1. The maximum atomic E-state index is 13.7. The summed E-state index contributed by atoms with van der Waals surface area (Å²) in [5, 5.41) is 3.95. The molecule has 0 radical (unpaired) electrons. The minimum Gasteiger partial charge on any atom is -0.289 e. The number of hydrogen-bond donors (Lipinski definition) is 0. The fourth-order valence-electron chi connectivity index (χ4n) is 1.75. The van der Waals surface area contributed by atoms with Gasteiger partial charge in [0.25, 0.3) is 0 Å². The summed E-state index contributed by atoms with van der Waals surface area (Å²) in [6, 6.07) is 3.30. The lowest BCUT2D eigenvalue weighted by Gasteiger charge is -2.02. The van der Waals surface area contributed by atoms with Crippen LogP contribution in [0.5, 0.6) is 0 Å². The summed E-state index contributed by atoms with van der Waals surface area (Å²) in [4.78, 5) is 11.5. The van der Waals surface area contributed by atoms with E-state index in [4.69, 9.17) is 0 Å². The molecule has 0 aliphatic heterocycles. The minimum atomic E-state index is -3.64. The van der Waals surface area contributed by atoms with Gasteiger partial charge in [0.05, 0.1) is 6.20 Å². The maximum absolute atomic E-state index is 13.7. The van der Waals surface area contributed by atoms with Crippen LogP contribution in [0.3, 0.4) is 0 Å². The highest BCUT2D eigenvalue weighted by Crippen LogP contribution is 2.16. The predicted octanol–water partition coefficient (Wildman–Crippen LogP) is 1.86. The Hall–Kier alpha value is -2.28. The molecule has 1 heterocycles. The van der Waals surface area contributed by atoms with Crippen molar-refractivity contribution in [2.75, 3.05) is 6.26 Å². The van der Waals surface area contributed by atoms with Crippen LogP contribution in [0.25, 0.3) is 6.08 Å². The highest BCUT2D eigenvalue weighted by Gasteiger charge is 2.15. The number of carbonyl (C=O) groups is 1. The Morgan fingerprint density at radius 3 is 2.62 bits per heavy atom. The standard InChI is InChI=1S/C14H13FN2O3S/c1-17-9-10(8-16-17)3-5-13(18)11-4-6-14(12(15)7-11)21(2,19)20/h3-9H,1-2H3/b5-3+. The Balaban J connectivity index is 2.24. The number of ketones is 1. The van der Waals surface area contributed by atoms with Crippen LogP contribution in [0.2, 0.25) is 0 Å². The van der Waals surface area contributed by atoms with Gasteiger partial charge >= 0.3 is 0 Å². The van der Waals surface area contributed by atoms with Gasteiger partial charge in [-0.3, -0.25) is 9.48 Å². The number of aromatic nitrogens is 2. The molecule has 0 saturated heterocycles. The Morgan fingerprint density at radius 2 is 2.10 bits per heavy atom. The van der Waals surface area contributed by atoms with Crippen molar-refractivity contribution in [2.24, 2.45) is 7.05 Å². The van der Waals surface area contributed by atoms with E-state index >= 15 is 0 Å². The molecule has 0 spiro atoms. The second kappa shape index (κ2) is 5.61. The summed E-state index contributed by atoms with van der Waals surface area (Å²) in [6.07, 6.45) is 7.05. The average molecular weight is 308 g/mol. The summed E-state index contributed by atoms with van der Waals surface area (Å²) in [7, 11) is -1.90. The molecule has 0 saturated carbocycles. The average Bonchev–Trinajstić information content (AvgIpc) is 2.80. The van der Waals surface area contributed by atoms with E-state index < -0.39 is 26.3 Å². The SMILES string of the molecule is Cn1cc(/C=C/C(=O)c2ccc(S(C)(=O)=O)c(F)c2)cn1. The number of nitrogens with zero attached hydrogens (tertiary/aromatic N) is 2. The highest BCUT2D eigenvalue weighted by atomic mass is 32.2. The number of sulfone groups is 1. The van der Waals surface area contributed by atoms with E-state index in [0.717, 1.165) is 24.0 Å². The molecule has 7 heteroatoms. The molecule has 0 atom stereocenters. The quantitative estimate of drug-likeness (QED) is 0.638. The van der Waals surface area contributed by atoms with Crippen LogP contribution in [-0.4, -0.2) is 30.2 Å². The van der Waals surface area contributed by atoms with Crippen molar-refractivity contribution in [1.29, 1.82) is 0 Å². The molecular weight excluding hydrogens is 295 g/mol. The van der Waals surface area contributed by atoms with Crippen LogP contribution >= 0.6 is 0 Å². The van der Waals surface area contributed by atoms with Crippen LogP contribution in [-0.2, 0) is 16.9 Å². The second-order valence-corrected chi connectivity index (χ2v) is 6.55. The summed E-state index contributed by atoms with van der Waals surface area (Å²) in [6.45, 7) is 0. The smallest absolute Gasteiger partial charge is 0.185 e. The summed E-state index contributed by atoms with van der Waals surface area (Å²) >= 11 is 0. The normalized spacial score (nSPS) is 12.0. The van der Waals surface area contributed by atoms with Crippen molar-refractivity contribution in [2.45, 2.75) is 4.90 Å². The van der Waals surface area contributed by atoms with Crippen molar-refractivity contribution in [3.63, 3.8) is 0 Å². The zero-order valence-electron chi connectivity index (χ0n) is 11.4. The largest absolute Gasteiger partial charge is 0.289 e. The zero-order valence-corrected chi connectivity index (χ0v) is 12.3. The fraction of sp³-hybridized carbons (Fsp3) is 0.143. The molecule has 0 unspecified atom stereocenters. The Bertz CT molecular complexity index is 822. The number of hydrogen-bond acceptors (Lipinski definition) is 4. The third kappa shape index (κ3) is 3.63. The molecule has 2 aromatic rings. The predicted molar refractivity (Wildman–Crippen MR) is 76.1 cm³/mol. The first-order valence-electron chi connectivity index (χ1n) is 5.98. The van der Waals surface area contributed by atoms with E-state index in [9.17, 15) is 17.6 Å². The van der Waals surface area contributed by atoms with Crippen LogP contribution in [0.4, 0.5) is 4.39 Å². The van der Waals surface area contributed by atoms with Gasteiger partial charge in [0, 0.05) is 30.6 Å². The van der Waals surface area contributed by atoms with Gasteiger partial charge in [-0.15, -0.1) is 0 Å². The molecule has 0 amide bonds. The molecule has 110 valence electrons. The number of aryl methyl sites for hydroxylation is 1. The molecule has 0 fully saturated rings. The van der Waals surface area contributed by atoms with Crippen LogP contribution in [0, 0.1) is 5.82 Å². The van der Waals surface area contributed by atoms with Crippen LogP contribution in [0.1, 0.15) is 15.9 Å². The number of halogens is 1. The van der Waals surface area contributed by atoms with Crippen LogP contribution in [0.15, 0.2) is 41.6 Å². The lowest BCUT2D eigenvalue weighted by molar-refractivity contribution is 0.104. The highest BCUT2D eigenvalue weighted by molar-refractivity contribution is 7.90. The van der Waals surface area contributed by atoms with Gasteiger partial charge < -0.3 is 0 Å². The van der Waals surface area contributed by atoms with Gasteiger partial charge in [-0.05, 0) is 30.4 Å². The van der Waals surface area contributed by atoms with Gasteiger partial charge in [-0.1, -0.05) is 0 Å². The lowest BCUT2D eigenvalue weighted by Crippen LogP contribution is -2.03. The molecule has 0 aliphatic rings. The van der Waals surface area contributed by atoms with Crippen molar-refractivity contribution in [3.05, 3.63) is 53.6 Å². The number of rotatable bonds is 4. The lowest BCUT2D eigenvalue weighted by atomic mass is 10.1. The summed E-state index contributed by atoms with van der Waals surface area (Å²) < 4.78 is 37.9. The van der Waals surface area contributed by atoms with Crippen molar-refractivity contribution in [1.82, 2.24) is 9.78 Å². The van der Waals surface area contributed by atoms with Gasteiger partial charge in [-0.2, -0.15) is 5.10 Å². The van der Waals surface area contributed by atoms with E-state index in [1.54, 1.807) is 30.2 Å². The third-order valence-electron chi connectivity index (χ3n) is 2.77. The maximum Gasteiger partial charge on any atom is 0.185 e. The molecule has 0 aliphatic carbocycles. The first-order valence-corrected chi connectivity index (χ1v) is 7.87. The van der Waals surface area contributed by atoms with Gasteiger partial charge in [0.1, 0.15) is 10.7 Å². The molecule has 0 N–H and O–H groups in total. The Morgan fingerprint density at radius 1 is 1.38 bits per heavy atom. The first kappa shape index (κ1) is 15.1. The molecule has 5 nitrogen and oxygen atoms in total. The van der Waals surface area contributed by atoms with E-state index in [-0.39, 0.29) is 5.56 Å². The fourth-order valence-corrected chi connectivity index (χ4v) is 2.48. The Labute approximate surface area is 121 Å². The molecule has 21 heavy (non-hydrogen) atoms. The number of benzene rings is 1. The van der Waals surface area contributed by atoms with Crippen molar-refractivity contribution < 1.29 is 17.6 Å². The van der Waals surface area contributed by atoms with E-state index in [1.807, 2.05) is 0 Å². The molecule has 1 aromatic heterocycles. The van der Waals surface area contributed by atoms with Crippen molar-refractivity contribution in [3.8, 4) is 0 Å². The molecular formula is C14H13FN2O3S. The summed E-state index contributed by atoms with van der Waals surface area (Å²) in [5.74, 6) is -1.35. The third-order valence-corrected chi connectivity index (χ3v) is 3.90. The zero-order chi connectivity index (χ0) is 15.6. The van der Waals surface area contributed by atoms with E-state index in [0.29, 0.717) is 0 Å². The van der Waals surface area contributed by atoms with E-state index in [2.05, 4.69) is 5.10 Å². The topological polar surface area (TPSA) is 69.0 Å². The second-order valence-electron chi connectivity index (χ2n) is 4.56. The number of allylic oxidation sites excluding steroid dienone is 1. The van der Waals surface area contributed by atoms with Crippen molar-refractivity contribution >= 4 is 21.7 Å². The van der Waals surface area contributed by atoms with Crippen LogP contribution < -0.4 is 0 Å². The van der Waals surface area contributed by atoms with Gasteiger partial charge in [0.2, 0.25) is 0 Å². The molecule has 0 bridgehead atoms. The minimum absolute atomic E-state index is 0.0834.